The minimum Gasteiger partial charge on any atom is -0.497 e. The van der Waals surface area contributed by atoms with E-state index in [2.05, 4.69) is 16.0 Å². The average Bonchev–Trinajstić information content (AvgIpc) is 3.04. The minimum absolute atomic E-state index is 0.0583. The number of carbonyl (C=O) groups is 3. The highest BCUT2D eigenvalue weighted by molar-refractivity contribution is 8.00. The van der Waals surface area contributed by atoms with Crippen LogP contribution in [0.5, 0.6) is 11.5 Å². The van der Waals surface area contributed by atoms with Gasteiger partial charge in [-0.25, -0.2) is 0 Å². The van der Waals surface area contributed by atoms with E-state index in [9.17, 15) is 24.5 Å². The van der Waals surface area contributed by atoms with Crippen molar-refractivity contribution in [1.82, 2.24) is 5.32 Å². The zero-order valence-corrected chi connectivity index (χ0v) is 24.6. The van der Waals surface area contributed by atoms with Crippen LogP contribution in [0.4, 0.5) is 17.1 Å². The van der Waals surface area contributed by atoms with Crippen LogP contribution in [0.1, 0.15) is 15.9 Å². The topological polar surface area (TPSA) is 149 Å². The lowest BCUT2D eigenvalue weighted by Gasteiger charge is -2.12. The molecule has 4 rings (SSSR count). The van der Waals surface area contributed by atoms with Gasteiger partial charge >= 0.3 is 0 Å². The van der Waals surface area contributed by atoms with Crippen LogP contribution in [0.3, 0.4) is 0 Å². The van der Waals surface area contributed by atoms with Crippen LogP contribution in [-0.2, 0) is 9.59 Å². The first kappa shape index (κ1) is 31.3. The number of hydrogen-bond donors (Lipinski definition) is 3. The summed E-state index contributed by atoms with van der Waals surface area (Å²) < 4.78 is 10.5. The molecule has 4 aromatic carbocycles. The van der Waals surface area contributed by atoms with Crippen molar-refractivity contribution in [2.24, 2.45) is 0 Å². The Morgan fingerprint density at radius 2 is 1.45 bits per heavy atom. The Morgan fingerprint density at radius 3 is 2.05 bits per heavy atom. The van der Waals surface area contributed by atoms with Crippen molar-refractivity contribution in [2.45, 2.75) is 4.90 Å². The number of hydrogen-bond acceptors (Lipinski definition) is 8. The molecule has 224 valence electrons. The molecular weight excluding hydrogens is 584 g/mol. The Labute approximate surface area is 257 Å². The van der Waals surface area contributed by atoms with E-state index in [-0.39, 0.29) is 23.0 Å². The molecular formula is C32H28N4O7S. The number of nitro groups is 1. The molecule has 0 unspecified atom stereocenters. The number of benzene rings is 4. The minimum atomic E-state index is -0.596. The standard InChI is InChI=1S/C32H28N4O7S/c1-42-26-17-24(18-27(19-26)43-2)33-30(37)20-44-28-14-10-23(11-15-28)34-32(39)29(35-31(38)22-6-4-3-5-7-22)16-21-8-12-25(13-9-21)36(40)41/h3-19H,20H2,1-2H3,(H,33,37)(H,34,39)(H,35,38)/b29-16-. The quantitative estimate of drug-likeness (QED) is 0.0792. The number of rotatable bonds is 12. The highest BCUT2D eigenvalue weighted by Gasteiger charge is 2.16. The molecule has 0 spiro atoms. The van der Waals surface area contributed by atoms with Gasteiger partial charge in [-0.3, -0.25) is 24.5 Å². The lowest BCUT2D eigenvalue weighted by Crippen LogP contribution is -2.30. The number of anilines is 2. The number of methoxy groups -OCH3 is 2. The fourth-order valence-electron chi connectivity index (χ4n) is 3.86. The van der Waals surface area contributed by atoms with Crippen molar-refractivity contribution in [3.05, 3.63) is 124 Å². The second-order valence-corrected chi connectivity index (χ2v) is 10.2. The Bertz CT molecular complexity index is 1650. The van der Waals surface area contributed by atoms with Crippen molar-refractivity contribution in [3.8, 4) is 11.5 Å². The molecule has 12 heteroatoms. The third kappa shape index (κ3) is 8.94. The fraction of sp³-hybridized carbons (Fsp3) is 0.0938. The second-order valence-electron chi connectivity index (χ2n) is 9.14. The zero-order valence-electron chi connectivity index (χ0n) is 23.7. The summed E-state index contributed by atoms with van der Waals surface area (Å²) in [5.41, 5.74) is 1.67. The first-order valence-corrected chi connectivity index (χ1v) is 14.1. The lowest BCUT2D eigenvalue weighted by molar-refractivity contribution is -0.384. The Morgan fingerprint density at radius 1 is 0.818 bits per heavy atom. The van der Waals surface area contributed by atoms with E-state index in [0.29, 0.717) is 34.0 Å². The molecule has 44 heavy (non-hydrogen) atoms. The van der Waals surface area contributed by atoms with E-state index in [1.165, 1.54) is 56.3 Å². The average molecular weight is 613 g/mol. The molecule has 0 aliphatic heterocycles. The second kappa shape index (κ2) is 15.0. The van der Waals surface area contributed by atoms with Crippen LogP contribution in [0.25, 0.3) is 6.08 Å². The molecule has 0 aliphatic carbocycles. The number of non-ortho nitro benzene ring substituents is 1. The van der Waals surface area contributed by atoms with Gasteiger partial charge in [0.1, 0.15) is 17.2 Å². The molecule has 0 aromatic heterocycles. The van der Waals surface area contributed by atoms with Crippen molar-refractivity contribution in [3.63, 3.8) is 0 Å². The number of nitro benzene ring substituents is 1. The molecule has 0 saturated heterocycles. The van der Waals surface area contributed by atoms with Gasteiger partial charge in [0.25, 0.3) is 17.5 Å². The van der Waals surface area contributed by atoms with Crippen LogP contribution in [0.15, 0.2) is 108 Å². The van der Waals surface area contributed by atoms with E-state index in [4.69, 9.17) is 9.47 Å². The molecule has 0 heterocycles. The van der Waals surface area contributed by atoms with E-state index < -0.39 is 16.7 Å². The molecule has 0 radical (unpaired) electrons. The first-order valence-electron chi connectivity index (χ1n) is 13.1. The number of thioether (sulfide) groups is 1. The monoisotopic (exact) mass is 612 g/mol. The van der Waals surface area contributed by atoms with Gasteiger partial charge in [0.15, 0.2) is 0 Å². The van der Waals surface area contributed by atoms with Crippen LogP contribution < -0.4 is 25.4 Å². The number of carbonyl (C=O) groups excluding carboxylic acids is 3. The largest absolute Gasteiger partial charge is 0.497 e. The molecule has 0 saturated carbocycles. The lowest BCUT2D eigenvalue weighted by atomic mass is 10.1. The van der Waals surface area contributed by atoms with Crippen molar-refractivity contribution < 1.29 is 28.8 Å². The summed E-state index contributed by atoms with van der Waals surface area (Å²) in [6.07, 6.45) is 1.43. The summed E-state index contributed by atoms with van der Waals surface area (Å²) in [5, 5.41) is 19.2. The summed E-state index contributed by atoms with van der Waals surface area (Å²) in [5.74, 6) is -0.0743. The Hall–Kier alpha value is -5.62. The third-order valence-corrected chi connectivity index (χ3v) is 7.07. The van der Waals surface area contributed by atoms with Crippen molar-refractivity contribution in [1.29, 1.82) is 0 Å². The number of nitrogens with one attached hydrogen (secondary N) is 3. The van der Waals surface area contributed by atoms with Gasteiger partial charge in [-0.15, -0.1) is 11.8 Å². The molecule has 0 atom stereocenters. The zero-order chi connectivity index (χ0) is 31.5. The van der Waals surface area contributed by atoms with Crippen LogP contribution in [-0.4, -0.2) is 42.6 Å². The Kier molecular flexibility index (Phi) is 10.7. The molecule has 0 aliphatic rings. The molecule has 4 aromatic rings. The van der Waals surface area contributed by atoms with E-state index in [0.717, 1.165) is 4.90 Å². The number of ether oxygens (including phenoxy) is 2. The van der Waals surface area contributed by atoms with Crippen LogP contribution >= 0.6 is 11.8 Å². The maximum absolute atomic E-state index is 13.2. The first-order chi connectivity index (χ1) is 21.2. The number of nitrogens with zero attached hydrogens (tertiary/aromatic N) is 1. The van der Waals surface area contributed by atoms with Crippen LogP contribution in [0, 0.1) is 10.1 Å². The fourth-order valence-corrected chi connectivity index (χ4v) is 4.56. The highest BCUT2D eigenvalue weighted by atomic mass is 32.2. The molecule has 3 N–H and O–H groups in total. The molecule has 0 bridgehead atoms. The van der Waals surface area contributed by atoms with Crippen LogP contribution in [0.2, 0.25) is 0 Å². The third-order valence-electron chi connectivity index (χ3n) is 6.06. The van der Waals surface area contributed by atoms with Crippen molar-refractivity contribution >= 4 is 52.6 Å². The van der Waals surface area contributed by atoms with Gasteiger partial charge in [0, 0.05) is 52.2 Å². The smallest absolute Gasteiger partial charge is 0.272 e. The van der Waals surface area contributed by atoms with E-state index in [1.807, 2.05) is 0 Å². The van der Waals surface area contributed by atoms with Gasteiger partial charge in [0.05, 0.1) is 24.9 Å². The predicted molar refractivity (Wildman–Crippen MR) is 169 cm³/mol. The summed E-state index contributed by atoms with van der Waals surface area (Å²) in [4.78, 5) is 49.9. The van der Waals surface area contributed by atoms with Crippen molar-refractivity contribution in [2.75, 3.05) is 30.6 Å². The molecule has 3 amide bonds. The Balaban J connectivity index is 1.41. The summed E-state index contributed by atoms with van der Waals surface area (Å²) in [6, 6.07) is 25.9. The van der Waals surface area contributed by atoms with E-state index in [1.54, 1.807) is 72.8 Å². The summed E-state index contributed by atoms with van der Waals surface area (Å²) >= 11 is 1.31. The highest BCUT2D eigenvalue weighted by Crippen LogP contribution is 2.27. The maximum Gasteiger partial charge on any atom is 0.272 e. The predicted octanol–water partition coefficient (Wildman–Crippen LogP) is 5.75. The molecule has 0 fully saturated rings. The van der Waals surface area contributed by atoms with Gasteiger partial charge in [0.2, 0.25) is 5.91 Å². The molecule has 11 nitrogen and oxygen atoms in total. The van der Waals surface area contributed by atoms with Gasteiger partial charge in [-0.05, 0) is 60.2 Å². The van der Waals surface area contributed by atoms with Gasteiger partial charge in [-0.1, -0.05) is 18.2 Å². The van der Waals surface area contributed by atoms with Gasteiger partial charge in [-0.2, -0.15) is 0 Å². The SMILES string of the molecule is COc1cc(NC(=O)CSc2ccc(NC(=O)/C(=C/c3ccc([N+](=O)[O-])cc3)NC(=O)c3ccccc3)cc2)cc(OC)c1. The summed E-state index contributed by atoms with van der Waals surface area (Å²) in [7, 11) is 3.05. The van der Waals surface area contributed by atoms with Gasteiger partial charge < -0.3 is 25.4 Å². The maximum atomic E-state index is 13.2. The number of amides is 3. The normalized spacial score (nSPS) is 10.8. The summed E-state index contributed by atoms with van der Waals surface area (Å²) in [6.45, 7) is 0. The van der Waals surface area contributed by atoms with E-state index >= 15 is 0 Å².